The molecule has 0 bridgehead atoms. The van der Waals surface area contributed by atoms with Crippen molar-refractivity contribution in [1.82, 2.24) is 10.3 Å². The summed E-state index contributed by atoms with van der Waals surface area (Å²) in [6.45, 7) is 5.44. The Morgan fingerprint density at radius 3 is 2.56 bits per heavy atom. The summed E-state index contributed by atoms with van der Waals surface area (Å²) in [6.07, 6.45) is 5.99. The van der Waals surface area contributed by atoms with E-state index in [4.69, 9.17) is 0 Å². The van der Waals surface area contributed by atoms with E-state index in [1.54, 1.807) is 0 Å². The molecule has 0 saturated carbocycles. The predicted octanol–water partition coefficient (Wildman–Crippen LogP) is 3.79. The predicted molar refractivity (Wildman–Crippen MR) is 78.1 cm³/mol. The van der Waals surface area contributed by atoms with Gasteiger partial charge in [-0.1, -0.05) is 13.8 Å². The van der Waals surface area contributed by atoms with Crippen molar-refractivity contribution in [3.63, 3.8) is 0 Å². The van der Waals surface area contributed by atoms with Gasteiger partial charge in [-0.15, -0.1) is 11.3 Å². The van der Waals surface area contributed by atoms with Gasteiger partial charge in [0.05, 0.1) is 6.04 Å². The zero-order valence-electron chi connectivity index (χ0n) is 11.0. The molecule has 96 valence electrons. The topological polar surface area (TPSA) is 24.9 Å². The molecule has 2 aromatic heterocycles. The molecule has 2 aromatic rings. The Morgan fingerprint density at radius 1 is 1.17 bits per heavy atom. The second-order valence-corrected chi connectivity index (χ2v) is 5.53. The molecule has 0 amide bonds. The molecule has 1 N–H and O–H groups in total. The summed E-state index contributed by atoms with van der Waals surface area (Å²) in [7, 11) is 0. The van der Waals surface area contributed by atoms with Crippen molar-refractivity contribution in [1.29, 1.82) is 0 Å². The first-order chi connectivity index (χ1) is 8.85. The highest BCUT2D eigenvalue weighted by Gasteiger charge is 2.14. The normalized spacial score (nSPS) is 12.6. The third-order valence-electron chi connectivity index (χ3n) is 2.95. The van der Waals surface area contributed by atoms with Crippen molar-refractivity contribution < 1.29 is 0 Å². The van der Waals surface area contributed by atoms with Gasteiger partial charge in [-0.3, -0.25) is 4.98 Å². The van der Waals surface area contributed by atoms with Crippen LogP contribution in [0.5, 0.6) is 0 Å². The summed E-state index contributed by atoms with van der Waals surface area (Å²) in [6, 6.07) is 8.98. The Bertz CT molecular complexity index is 464. The fourth-order valence-corrected chi connectivity index (χ4v) is 3.02. The SMILES string of the molecule is CCCNC(c1ccncc1)c1ccc(CC)s1. The standard InChI is InChI=1S/C15H20N2S/c1-3-9-17-15(12-7-10-16-11-8-12)14-6-5-13(4-2)18-14/h5-8,10-11,15,17H,3-4,9H2,1-2H3. The highest BCUT2D eigenvalue weighted by atomic mass is 32.1. The summed E-state index contributed by atoms with van der Waals surface area (Å²) < 4.78 is 0. The second kappa shape index (κ2) is 6.66. The van der Waals surface area contributed by atoms with Crippen molar-refractivity contribution in [3.8, 4) is 0 Å². The van der Waals surface area contributed by atoms with Crippen LogP contribution in [-0.2, 0) is 6.42 Å². The molecule has 0 aromatic carbocycles. The zero-order valence-corrected chi connectivity index (χ0v) is 11.8. The maximum atomic E-state index is 4.10. The van der Waals surface area contributed by atoms with Gasteiger partial charge in [0, 0.05) is 22.1 Å². The number of aryl methyl sites for hydroxylation is 1. The Balaban J connectivity index is 2.24. The number of aromatic nitrogens is 1. The van der Waals surface area contributed by atoms with Crippen molar-refractivity contribution in [2.24, 2.45) is 0 Å². The van der Waals surface area contributed by atoms with Gasteiger partial charge < -0.3 is 5.32 Å². The lowest BCUT2D eigenvalue weighted by atomic mass is 10.1. The molecule has 3 heteroatoms. The van der Waals surface area contributed by atoms with Crippen LogP contribution < -0.4 is 5.32 Å². The van der Waals surface area contributed by atoms with Gasteiger partial charge in [0.15, 0.2) is 0 Å². The molecule has 0 spiro atoms. The van der Waals surface area contributed by atoms with Crippen LogP contribution >= 0.6 is 11.3 Å². The van der Waals surface area contributed by atoms with Crippen molar-refractivity contribution in [2.75, 3.05) is 6.54 Å². The number of hydrogen-bond donors (Lipinski definition) is 1. The number of rotatable bonds is 6. The summed E-state index contributed by atoms with van der Waals surface area (Å²) in [4.78, 5) is 6.94. The number of nitrogens with zero attached hydrogens (tertiary/aromatic N) is 1. The van der Waals surface area contributed by atoms with Crippen LogP contribution in [0.2, 0.25) is 0 Å². The fourth-order valence-electron chi connectivity index (χ4n) is 1.97. The molecule has 0 fully saturated rings. The van der Waals surface area contributed by atoms with Crippen LogP contribution in [0.15, 0.2) is 36.7 Å². The smallest absolute Gasteiger partial charge is 0.0672 e. The molecule has 2 heterocycles. The lowest BCUT2D eigenvalue weighted by Gasteiger charge is -2.17. The van der Waals surface area contributed by atoms with Gasteiger partial charge in [0.1, 0.15) is 0 Å². The van der Waals surface area contributed by atoms with Crippen LogP contribution in [0, 0.1) is 0 Å². The molecule has 2 rings (SSSR count). The quantitative estimate of drug-likeness (QED) is 0.854. The monoisotopic (exact) mass is 260 g/mol. The largest absolute Gasteiger partial charge is 0.306 e. The van der Waals surface area contributed by atoms with Gasteiger partial charge in [-0.05, 0) is 49.2 Å². The van der Waals surface area contributed by atoms with Gasteiger partial charge in [0.2, 0.25) is 0 Å². The van der Waals surface area contributed by atoms with Crippen LogP contribution in [-0.4, -0.2) is 11.5 Å². The van der Waals surface area contributed by atoms with Crippen LogP contribution in [0.1, 0.15) is 41.6 Å². The maximum Gasteiger partial charge on any atom is 0.0672 e. The number of nitrogens with one attached hydrogen (secondary N) is 1. The number of pyridine rings is 1. The van der Waals surface area contributed by atoms with E-state index in [-0.39, 0.29) is 0 Å². The second-order valence-electron chi connectivity index (χ2n) is 4.33. The molecule has 2 nitrogen and oxygen atoms in total. The third kappa shape index (κ3) is 3.18. The first-order valence-corrected chi connectivity index (χ1v) is 7.38. The minimum atomic E-state index is 0.304. The zero-order chi connectivity index (χ0) is 12.8. The minimum Gasteiger partial charge on any atom is -0.306 e. The first-order valence-electron chi connectivity index (χ1n) is 6.57. The first kappa shape index (κ1) is 13.2. The van der Waals surface area contributed by atoms with Crippen LogP contribution in [0.4, 0.5) is 0 Å². The maximum absolute atomic E-state index is 4.10. The van der Waals surface area contributed by atoms with E-state index in [0.29, 0.717) is 6.04 Å². The average Bonchev–Trinajstić information content (AvgIpc) is 2.89. The molecule has 0 radical (unpaired) electrons. The summed E-state index contributed by atoms with van der Waals surface area (Å²) in [5.74, 6) is 0. The Kier molecular flexibility index (Phi) is 4.90. The highest BCUT2D eigenvalue weighted by molar-refractivity contribution is 7.12. The fraction of sp³-hybridized carbons (Fsp3) is 0.400. The lowest BCUT2D eigenvalue weighted by Crippen LogP contribution is -2.22. The van der Waals surface area contributed by atoms with Crippen molar-refractivity contribution in [2.45, 2.75) is 32.7 Å². The van der Waals surface area contributed by atoms with E-state index in [2.05, 4.69) is 48.4 Å². The summed E-state index contributed by atoms with van der Waals surface area (Å²) in [5, 5.41) is 3.62. The Labute approximate surface area is 113 Å². The van der Waals surface area contributed by atoms with E-state index < -0.39 is 0 Å². The Morgan fingerprint density at radius 2 is 1.94 bits per heavy atom. The molecule has 0 aliphatic carbocycles. The van der Waals surface area contributed by atoms with Gasteiger partial charge >= 0.3 is 0 Å². The molecular weight excluding hydrogens is 240 g/mol. The third-order valence-corrected chi connectivity index (χ3v) is 4.25. The van der Waals surface area contributed by atoms with Crippen LogP contribution in [0.3, 0.4) is 0 Å². The molecule has 1 unspecified atom stereocenters. The van der Waals surface area contributed by atoms with E-state index in [1.807, 2.05) is 23.7 Å². The van der Waals surface area contributed by atoms with E-state index in [0.717, 1.165) is 19.4 Å². The average molecular weight is 260 g/mol. The Hall–Kier alpha value is -1.19. The molecular formula is C15H20N2S. The minimum absolute atomic E-state index is 0.304. The summed E-state index contributed by atoms with van der Waals surface area (Å²) >= 11 is 1.90. The van der Waals surface area contributed by atoms with Crippen molar-refractivity contribution >= 4 is 11.3 Å². The van der Waals surface area contributed by atoms with Gasteiger partial charge in [0.25, 0.3) is 0 Å². The number of hydrogen-bond acceptors (Lipinski definition) is 3. The highest BCUT2D eigenvalue weighted by Crippen LogP contribution is 2.28. The lowest BCUT2D eigenvalue weighted by molar-refractivity contribution is 0.605. The van der Waals surface area contributed by atoms with Gasteiger partial charge in [-0.25, -0.2) is 0 Å². The van der Waals surface area contributed by atoms with Crippen LogP contribution in [0.25, 0.3) is 0 Å². The van der Waals surface area contributed by atoms with Gasteiger partial charge in [-0.2, -0.15) is 0 Å². The number of thiophene rings is 1. The van der Waals surface area contributed by atoms with E-state index in [9.17, 15) is 0 Å². The van der Waals surface area contributed by atoms with E-state index in [1.165, 1.54) is 15.3 Å². The molecule has 0 saturated heterocycles. The molecule has 1 atom stereocenters. The van der Waals surface area contributed by atoms with E-state index >= 15 is 0 Å². The summed E-state index contributed by atoms with van der Waals surface area (Å²) in [5.41, 5.74) is 1.29. The molecule has 18 heavy (non-hydrogen) atoms. The van der Waals surface area contributed by atoms with Crippen molar-refractivity contribution in [3.05, 3.63) is 52.0 Å². The molecule has 0 aliphatic rings. The molecule has 0 aliphatic heterocycles.